The molecule has 0 unspecified atom stereocenters. The predicted molar refractivity (Wildman–Crippen MR) is 72.2 cm³/mol. The summed E-state index contributed by atoms with van der Waals surface area (Å²) in [5, 5.41) is 11.3. The second-order valence-electron chi connectivity index (χ2n) is 4.26. The number of carbonyl (C=O) groups is 1. The van der Waals surface area contributed by atoms with Crippen molar-refractivity contribution in [1.29, 1.82) is 0 Å². The molecule has 1 amide bonds. The molecule has 0 aliphatic rings. The van der Waals surface area contributed by atoms with Crippen LogP contribution < -0.4 is 5.32 Å². The summed E-state index contributed by atoms with van der Waals surface area (Å²) in [5.41, 5.74) is 0.706. The molecule has 0 aliphatic carbocycles. The van der Waals surface area contributed by atoms with Crippen LogP contribution in [0.25, 0.3) is 0 Å². The quantitative estimate of drug-likeness (QED) is 0.800. The molecule has 0 bridgehead atoms. The van der Waals surface area contributed by atoms with Crippen LogP contribution >= 0.6 is 0 Å². The molecule has 0 saturated heterocycles. The van der Waals surface area contributed by atoms with Crippen molar-refractivity contribution in [3.8, 4) is 11.8 Å². The Morgan fingerprint density at radius 2 is 2.21 bits per heavy atom. The van der Waals surface area contributed by atoms with E-state index in [-0.39, 0.29) is 31.0 Å². The zero-order valence-electron chi connectivity index (χ0n) is 11.0. The van der Waals surface area contributed by atoms with Gasteiger partial charge in [0.05, 0.1) is 18.7 Å². The maximum Gasteiger partial charge on any atom is 0.238 e. The molecular weight excluding hydrogens is 247 g/mol. The minimum atomic E-state index is -0.448. The Labute approximate surface area is 112 Å². The van der Waals surface area contributed by atoms with Gasteiger partial charge in [0.2, 0.25) is 5.91 Å². The molecule has 0 heterocycles. The molecule has 0 fully saturated rings. The summed E-state index contributed by atoms with van der Waals surface area (Å²) in [6.07, 6.45) is 0.288. The zero-order chi connectivity index (χ0) is 14.3. The summed E-state index contributed by atoms with van der Waals surface area (Å²) in [6.45, 7) is 0.191. The molecule has 102 valence electrons. The Bertz CT molecular complexity index is 504. The monoisotopic (exact) mass is 264 g/mol. The number of rotatable bonds is 4. The molecule has 0 saturated carbocycles. The van der Waals surface area contributed by atoms with Crippen molar-refractivity contribution in [2.24, 2.45) is 0 Å². The summed E-state index contributed by atoms with van der Waals surface area (Å²) >= 11 is 0. The molecule has 0 radical (unpaired) electrons. The van der Waals surface area contributed by atoms with Crippen molar-refractivity contribution in [1.82, 2.24) is 4.90 Å². The first-order chi connectivity index (χ1) is 9.02. The summed E-state index contributed by atoms with van der Waals surface area (Å²) in [5.74, 6) is 4.64. The molecule has 1 rings (SSSR count). The summed E-state index contributed by atoms with van der Waals surface area (Å²) in [6, 6.07) is 4.22. The molecular formula is C14H17FN2O2. The molecule has 0 spiro atoms. The third-order valence-electron chi connectivity index (χ3n) is 2.17. The molecule has 19 heavy (non-hydrogen) atoms. The fourth-order valence-electron chi connectivity index (χ4n) is 1.40. The third kappa shape index (κ3) is 5.51. The van der Waals surface area contributed by atoms with Gasteiger partial charge in [-0.2, -0.15) is 0 Å². The van der Waals surface area contributed by atoms with Crippen LogP contribution in [-0.2, 0) is 4.79 Å². The molecule has 4 nitrogen and oxygen atoms in total. The van der Waals surface area contributed by atoms with Crippen molar-refractivity contribution in [3.05, 3.63) is 29.6 Å². The van der Waals surface area contributed by atoms with Gasteiger partial charge in [0, 0.05) is 12.1 Å². The van der Waals surface area contributed by atoms with E-state index in [1.165, 1.54) is 18.2 Å². The number of hydrogen-bond donors (Lipinski definition) is 2. The van der Waals surface area contributed by atoms with Gasteiger partial charge in [0.25, 0.3) is 0 Å². The average Bonchev–Trinajstić information content (AvgIpc) is 2.32. The highest BCUT2D eigenvalue weighted by Crippen LogP contribution is 2.14. The molecule has 1 aromatic rings. The summed E-state index contributed by atoms with van der Waals surface area (Å²) in [4.78, 5) is 13.3. The molecule has 1 aromatic carbocycles. The smallest absolute Gasteiger partial charge is 0.238 e. The first kappa shape index (κ1) is 15.2. The van der Waals surface area contributed by atoms with E-state index >= 15 is 0 Å². The summed E-state index contributed by atoms with van der Waals surface area (Å²) in [7, 11) is 3.58. The molecule has 2 N–H and O–H groups in total. The van der Waals surface area contributed by atoms with Crippen molar-refractivity contribution < 1.29 is 14.3 Å². The number of anilines is 1. The number of likely N-dealkylation sites (N-methyl/N-ethyl adjacent to an activating group) is 1. The SMILES string of the molecule is CN(C)CC(=O)Nc1ccc(F)c(C#CCCO)c1. The van der Waals surface area contributed by atoms with Gasteiger partial charge in [0.15, 0.2) is 0 Å². The van der Waals surface area contributed by atoms with Crippen LogP contribution in [0.2, 0.25) is 0 Å². The lowest BCUT2D eigenvalue weighted by molar-refractivity contribution is -0.116. The Morgan fingerprint density at radius 3 is 2.84 bits per heavy atom. The van der Waals surface area contributed by atoms with E-state index in [0.29, 0.717) is 5.69 Å². The molecule has 0 atom stereocenters. The Morgan fingerprint density at radius 1 is 1.47 bits per heavy atom. The second kappa shape index (κ2) is 7.52. The number of carbonyl (C=O) groups excluding carboxylic acids is 1. The number of benzene rings is 1. The van der Waals surface area contributed by atoms with E-state index in [4.69, 9.17) is 5.11 Å². The van der Waals surface area contributed by atoms with E-state index < -0.39 is 5.82 Å². The van der Waals surface area contributed by atoms with Crippen LogP contribution in [0.4, 0.5) is 10.1 Å². The highest BCUT2D eigenvalue weighted by Gasteiger charge is 2.06. The van der Waals surface area contributed by atoms with Crippen LogP contribution in [0, 0.1) is 17.7 Å². The zero-order valence-corrected chi connectivity index (χ0v) is 11.0. The van der Waals surface area contributed by atoms with Crippen molar-refractivity contribution in [3.63, 3.8) is 0 Å². The minimum absolute atomic E-state index is 0.0616. The normalized spacial score (nSPS) is 9.95. The first-order valence-corrected chi connectivity index (χ1v) is 5.87. The number of aliphatic hydroxyl groups excluding tert-OH is 1. The van der Waals surface area contributed by atoms with Gasteiger partial charge >= 0.3 is 0 Å². The highest BCUT2D eigenvalue weighted by atomic mass is 19.1. The fraction of sp³-hybridized carbons (Fsp3) is 0.357. The van der Waals surface area contributed by atoms with Gasteiger partial charge in [0.1, 0.15) is 5.82 Å². The lowest BCUT2D eigenvalue weighted by atomic mass is 10.2. The van der Waals surface area contributed by atoms with E-state index in [2.05, 4.69) is 17.2 Å². The minimum Gasteiger partial charge on any atom is -0.395 e. The maximum absolute atomic E-state index is 13.5. The van der Waals surface area contributed by atoms with Gasteiger partial charge in [-0.05, 0) is 32.3 Å². The van der Waals surface area contributed by atoms with E-state index in [1.54, 1.807) is 19.0 Å². The van der Waals surface area contributed by atoms with E-state index in [1.807, 2.05) is 0 Å². The van der Waals surface area contributed by atoms with Gasteiger partial charge in [-0.25, -0.2) is 4.39 Å². The molecule has 5 heteroatoms. The Balaban J connectivity index is 2.79. The predicted octanol–water partition coefficient (Wildman–Crippen LogP) is 1.06. The number of halogens is 1. The number of aliphatic hydroxyl groups is 1. The largest absolute Gasteiger partial charge is 0.395 e. The lowest BCUT2D eigenvalue weighted by Gasteiger charge is -2.10. The van der Waals surface area contributed by atoms with Gasteiger partial charge in [-0.15, -0.1) is 0 Å². The summed E-state index contributed by atoms with van der Waals surface area (Å²) < 4.78 is 13.5. The van der Waals surface area contributed by atoms with Crippen LogP contribution in [0.3, 0.4) is 0 Å². The van der Waals surface area contributed by atoms with Crippen molar-refractivity contribution in [2.75, 3.05) is 32.6 Å². The van der Waals surface area contributed by atoms with Crippen LogP contribution in [0.5, 0.6) is 0 Å². The van der Waals surface area contributed by atoms with E-state index in [9.17, 15) is 9.18 Å². The molecule has 0 aromatic heterocycles. The fourth-order valence-corrected chi connectivity index (χ4v) is 1.40. The van der Waals surface area contributed by atoms with E-state index in [0.717, 1.165) is 0 Å². The van der Waals surface area contributed by atoms with Crippen LogP contribution in [0.1, 0.15) is 12.0 Å². The number of nitrogens with zero attached hydrogens (tertiary/aromatic N) is 1. The van der Waals surface area contributed by atoms with Crippen molar-refractivity contribution >= 4 is 11.6 Å². The first-order valence-electron chi connectivity index (χ1n) is 5.87. The van der Waals surface area contributed by atoms with Crippen LogP contribution in [-0.4, -0.2) is 43.2 Å². The maximum atomic E-state index is 13.5. The van der Waals surface area contributed by atoms with Gasteiger partial charge < -0.3 is 15.3 Å². The Hall–Kier alpha value is -1.90. The van der Waals surface area contributed by atoms with Crippen LogP contribution in [0.15, 0.2) is 18.2 Å². The number of amides is 1. The lowest BCUT2D eigenvalue weighted by Crippen LogP contribution is -2.27. The highest BCUT2D eigenvalue weighted by molar-refractivity contribution is 5.92. The van der Waals surface area contributed by atoms with Gasteiger partial charge in [-0.3, -0.25) is 4.79 Å². The second-order valence-corrected chi connectivity index (χ2v) is 4.26. The number of nitrogens with one attached hydrogen (secondary N) is 1. The third-order valence-corrected chi connectivity index (χ3v) is 2.17. The van der Waals surface area contributed by atoms with Gasteiger partial charge in [-0.1, -0.05) is 11.8 Å². The van der Waals surface area contributed by atoms with Crippen molar-refractivity contribution in [2.45, 2.75) is 6.42 Å². The average molecular weight is 264 g/mol. The standard InChI is InChI=1S/C14H17FN2O2/c1-17(2)10-14(19)16-12-6-7-13(15)11(9-12)5-3-4-8-18/h6-7,9,18H,4,8,10H2,1-2H3,(H,16,19). The topological polar surface area (TPSA) is 52.6 Å². The Kier molecular flexibility index (Phi) is 6.00. The molecule has 0 aliphatic heterocycles. The number of hydrogen-bond acceptors (Lipinski definition) is 3.